The number of amides is 2. The summed E-state index contributed by atoms with van der Waals surface area (Å²) in [6.45, 7) is 10.1. The van der Waals surface area contributed by atoms with E-state index >= 15 is 0 Å². The number of methoxy groups -OCH3 is 1. The molecule has 2 unspecified atom stereocenters. The van der Waals surface area contributed by atoms with E-state index in [0.29, 0.717) is 17.4 Å². The summed E-state index contributed by atoms with van der Waals surface area (Å²) in [6, 6.07) is 14.6. The number of hydrogen-bond acceptors (Lipinski definition) is 4. The third kappa shape index (κ3) is 7.29. The predicted octanol–water partition coefficient (Wildman–Crippen LogP) is 4.53. The molecule has 2 atom stereocenters. The summed E-state index contributed by atoms with van der Waals surface area (Å²) >= 11 is 0. The molecular formula is C26H36N2O4. The van der Waals surface area contributed by atoms with E-state index in [1.165, 1.54) is 5.56 Å². The third-order valence-corrected chi connectivity index (χ3v) is 5.56. The van der Waals surface area contributed by atoms with Crippen LogP contribution in [0.5, 0.6) is 11.5 Å². The monoisotopic (exact) mass is 440 g/mol. The molecule has 0 heterocycles. The van der Waals surface area contributed by atoms with Crippen molar-refractivity contribution in [2.75, 3.05) is 13.7 Å². The molecule has 0 saturated carbocycles. The quantitative estimate of drug-likeness (QED) is 0.557. The van der Waals surface area contributed by atoms with E-state index in [9.17, 15) is 9.59 Å². The Labute approximate surface area is 191 Å². The van der Waals surface area contributed by atoms with Crippen LogP contribution in [-0.4, -0.2) is 42.5 Å². The fourth-order valence-corrected chi connectivity index (χ4v) is 3.19. The molecular weight excluding hydrogens is 404 g/mol. The van der Waals surface area contributed by atoms with Crippen molar-refractivity contribution >= 4 is 11.8 Å². The first-order valence-corrected chi connectivity index (χ1v) is 11.2. The number of nitrogens with zero attached hydrogens (tertiary/aromatic N) is 1. The normalized spacial score (nSPS) is 12.7. The summed E-state index contributed by atoms with van der Waals surface area (Å²) in [5.41, 5.74) is 2.08. The molecule has 0 spiro atoms. The summed E-state index contributed by atoms with van der Waals surface area (Å²) < 4.78 is 11.0. The molecule has 174 valence electrons. The van der Waals surface area contributed by atoms with Gasteiger partial charge in [-0.1, -0.05) is 45.0 Å². The summed E-state index contributed by atoms with van der Waals surface area (Å²) in [6.07, 6.45) is 0.817. The maximum absolute atomic E-state index is 13.1. The van der Waals surface area contributed by atoms with Crippen LogP contribution in [0.25, 0.3) is 0 Å². The highest BCUT2D eigenvalue weighted by Gasteiger charge is 2.27. The summed E-state index contributed by atoms with van der Waals surface area (Å²) in [5, 5.41) is 2.97. The van der Waals surface area contributed by atoms with Crippen molar-refractivity contribution in [1.82, 2.24) is 10.2 Å². The van der Waals surface area contributed by atoms with E-state index in [1.807, 2.05) is 62.4 Å². The molecule has 2 amide bonds. The maximum Gasteiger partial charge on any atom is 0.261 e. The molecule has 0 aromatic heterocycles. The highest BCUT2D eigenvalue weighted by atomic mass is 16.5. The number of ether oxygens (including phenoxy) is 2. The van der Waals surface area contributed by atoms with Gasteiger partial charge in [0.1, 0.15) is 17.5 Å². The van der Waals surface area contributed by atoms with Crippen molar-refractivity contribution in [3.8, 4) is 11.5 Å². The summed E-state index contributed by atoms with van der Waals surface area (Å²) in [4.78, 5) is 27.5. The smallest absolute Gasteiger partial charge is 0.261 e. The topological polar surface area (TPSA) is 67.9 Å². The first-order chi connectivity index (χ1) is 15.2. The van der Waals surface area contributed by atoms with Gasteiger partial charge in [0.05, 0.1) is 7.11 Å². The Kier molecular flexibility index (Phi) is 9.57. The fourth-order valence-electron chi connectivity index (χ4n) is 3.19. The standard InChI is InChI=1S/C26H36N2O4/c1-7-19(4)27-26(30)20(5)28(16-21-9-8-10-24(15-21)31-6)25(29)17-32-23-13-11-22(12-14-23)18(2)3/h8-15,18-20H,7,16-17H2,1-6H3,(H,27,30). The van der Waals surface area contributed by atoms with Gasteiger partial charge in [0, 0.05) is 12.6 Å². The van der Waals surface area contributed by atoms with E-state index in [4.69, 9.17) is 9.47 Å². The second kappa shape index (κ2) is 12.1. The van der Waals surface area contributed by atoms with E-state index in [2.05, 4.69) is 19.2 Å². The van der Waals surface area contributed by atoms with Crippen LogP contribution >= 0.6 is 0 Å². The molecule has 0 fully saturated rings. The minimum atomic E-state index is -0.644. The van der Waals surface area contributed by atoms with Crippen LogP contribution in [0.3, 0.4) is 0 Å². The highest BCUT2D eigenvalue weighted by molar-refractivity contribution is 5.88. The van der Waals surface area contributed by atoms with E-state index in [-0.39, 0.29) is 31.0 Å². The molecule has 2 rings (SSSR count). The van der Waals surface area contributed by atoms with Gasteiger partial charge in [-0.3, -0.25) is 9.59 Å². The molecule has 0 aliphatic heterocycles. The van der Waals surface area contributed by atoms with Crippen LogP contribution < -0.4 is 14.8 Å². The van der Waals surface area contributed by atoms with Crippen molar-refractivity contribution < 1.29 is 19.1 Å². The Balaban J connectivity index is 2.15. The lowest BCUT2D eigenvalue weighted by molar-refractivity contribution is -0.142. The Morgan fingerprint density at radius 2 is 1.69 bits per heavy atom. The van der Waals surface area contributed by atoms with Crippen molar-refractivity contribution in [2.24, 2.45) is 0 Å². The Hall–Kier alpha value is -3.02. The average Bonchev–Trinajstić information content (AvgIpc) is 2.80. The van der Waals surface area contributed by atoms with Gasteiger partial charge in [-0.2, -0.15) is 0 Å². The van der Waals surface area contributed by atoms with Crippen LogP contribution in [-0.2, 0) is 16.1 Å². The van der Waals surface area contributed by atoms with E-state index < -0.39 is 6.04 Å². The van der Waals surface area contributed by atoms with Crippen molar-refractivity contribution in [2.45, 2.75) is 65.6 Å². The van der Waals surface area contributed by atoms with Crippen LogP contribution in [0.4, 0.5) is 0 Å². The van der Waals surface area contributed by atoms with Crippen molar-refractivity contribution in [3.63, 3.8) is 0 Å². The van der Waals surface area contributed by atoms with Gasteiger partial charge in [0.15, 0.2) is 6.61 Å². The predicted molar refractivity (Wildman–Crippen MR) is 127 cm³/mol. The fraction of sp³-hybridized carbons (Fsp3) is 0.462. The van der Waals surface area contributed by atoms with Gasteiger partial charge in [-0.15, -0.1) is 0 Å². The lowest BCUT2D eigenvalue weighted by Crippen LogP contribution is -2.50. The maximum atomic E-state index is 13.1. The van der Waals surface area contributed by atoms with Gasteiger partial charge in [-0.25, -0.2) is 0 Å². The molecule has 0 radical (unpaired) electrons. The average molecular weight is 441 g/mol. The lowest BCUT2D eigenvalue weighted by Gasteiger charge is -2.29. The lowest BCUT2D eigenvalue weighted by atomic mass is 10.0. The zero-order valence-corrected chi connectivity index (χ0v) is 20.1. The molecule has 0 saturated heterocycles. The molecule has 0 aliphatic carbocycles. The van der Waals surface area contributed by atoms with Gasteiger partial charge < -0.3 is 19.7 Å². The second-order valence-electron chi connectivity index (χ2n) is 8.38. The third-order valence-electron chi connectivity index (χ3n) is 5.56. The first kappa shape index (κ1) is 25.2. The van der Waals surface area contributed by atoms with Crippen LogP contribution in [0, 0.1) is 0 Å². The number of carbonyl (C=O) groups is 2. The molecule has 6 nitrogen and oxygen atoms in total. The minimum Gasteiger partial charge on any atom is -0.497 e. The second-order valence-corrected chi connectivity index (χ2v) is 8.38. The van der Waals surface area contributed by atoms with Gasteiger partial charge >= 0.3 is 0 Å². The van der Waals surface area contributed by atoms with E-state index in [0.717, 1.165) is 12.0 Å². The largest absolute Gasteiger partial charge is 0.497 e. The Bertz CT molecular complexity index is 880. The zero-order valence-electron chi connectivity index (χ0n) is 20.1. The van der Waals surface area contributed by atoms with Crippen molar-refractivity contribution in [1.29, 1.82) is 0 Å². The molecule has 2 aromatic carbocycles. The van der Waals surface area contributed by atoms with Crippen molar-refractivity contribution in [3.05, 3.63) is 59.7 Å². The molecule has 0 aliphatic rings. The number of hydrogen-bond donors (Lipinski definition) is 1. The van der Waals surface area contributed by atoms with Crippen LogP contribution in [0.1, 0.15) is 58.1 Å². The van der Waals surface area contributed by atoms with Crippen LogP contribution in [0.2, 0.25) is 0 Å². The van der Waals surface area contributed by atoms with E-state index in [1.54, 1.807) is 18.9 Å². The van der Waals surface area contributed by atoms with Gasteiger partial charge in [-0.05, 0) is 61.6 Å². The Morgan fingerprint density at radius 1 is 1.00 bits per heavy atom. The summed E-state index contributed by atoms with van der Waals surface area (Å²) in [5.74, 6) is 1.31. The molecule has 1 N–H and O–H groups in total. The highest BCUT2D eigenvalue weighted by Crippen LogP contribution is 2.20. The number of nitrogens with one attached hydrogen (secondary N) is 1. The van der Waals surface area contributed by atoms with Gasteiger partial charge in [0.2, 0.25) is 5.91 Å². The summed E-state index contributed by atoms with van der Waals surface area (Å²) in [7, 11) is 1.60. The zero-order chi connectivity index (χ0) is 23.7. The number of benzene rings is 2. The number of rotatable bonds is 11. The number of carbonyl (C=O) groups excluding carboxylic acids is 2. The first-order valence-electron chi connectivity index (χ1n) is 11.2. The molecule has 2 aromatic rings. The minimum absolute atomic E-state index is 0.0365. The molecule has 32 heavy (non-hydrogen) atoms. The van der Waals surface area contributed by atoms with Gasteiger partial charge in [0.25, 0.3) is 5.91 Å². The SMILES string of the molecule is CCC(C)NC(=O)C(C)N(Cc1cccc(OC)c1)C(=O)COc1ccc(C(C)C)cc1. The van der Waals surface area contributed by atoms with Crippen LogP contribution in [0.15, 0.2) is 48.5 Å². The molecule has 0 bridgehead atoms. The Morgan fingerprint density at radius 3 is 2.28 bits per heavy atom. The molecule has 6 heteroatoms.